The van der Waals surface area contributed by atoms with E-state index < -0.39 is 99.7 Å². The molecule has 0 aromatic heterocycles. The summed E-state index contributed by atoms with van der Waals surface area (Å²) >= 11 is 0. The fraction of sp³-hybridized carbons (Fsp3) is 0.690. The minimum absolute atomic E-state index is 0.163. The highest BCUT2D eigenvalue weighted by Crippen LogP contribution is 2.84. The van der Waals surface area contributed by atoms with Gasteiger partial charge in [-0.1, -0.05) is 45.0 Å². The lowest BCUT2D eigenvalue weighted by Gasteiger charge is -2.48. The van der Waals surface area contributed by atoms with Crippen LogP contribution in [-0.4, -0.2) is 76.2 Å². The summed E-state index contributed by atoms with van der Waals surface area (Å²) < 4.78 is 70.2. The van der Waals surface area contributed by atoms with Gasteiger partial charge in [0.25, 0.3) is 0 Å². The van der Waals surface area contributed by atoms with Gasteiger partial charge in [-0.3, -0.25) is 4.79 Å². The van der Waals surface area contributed by atoms with Gasteiger partial charge < -0.3 is 33.9 Å². The third-order valence-corrected chi connectivity index (χ3v) is 11.4. The number of alkyl halides is 3. The average Bonchev–Trinajstić information content (AvgIpc) is 3.33. The van der Waals surface area contributed by atoms with Crippen molar-refractivity contribution in [2.24, 2.45) is 38.3 Å². The molecule has 2 spiro atoms. The van der Waals surface area contributed by atoms with E-state index in [1.54, 1.807) is 0 Å². The van der Waals surface area contributed by atoms with Crippen molar-refractivity contribution in [1.29, 1.82) is 0 Å². The molecule has 5 aliphatic heterocycles. The van der Waals surface area contributed by atoms with Gasteiger partial charge in [0.15, 0.2) is 17.8 Å². The molecule has 0 radical (unpaired) electrons. The maximum atomic E-state index is 13.9. The number of nitrogens with zero attached hydrogens (tertiary/aromatic N) is 2. The Morgan fingerprint density at radius 1 is 1.02 bits per heavy atom. The minimum Gasteiger partial charge on any atom is -0.459 e. The molecule has 2 saturated carbocycles. The Kier molecular flexibility index (Phi) is 5.02. The molecule has 4 unspecified atom stereocenters. The van der Waals surface area contributed by atoms with Crippen LogP contribution in [0.25, 0.3) is 0 Å². The summed E-state index contributed by atoms with van der Waals surface area (Å²) in [7, 11) is 0. The largest absolute Gasteiger partial charge is 0.459 e. The molecule has 1 aromatic rings. The smallest absolute Gasteiger partial charge is 0.442 e. The Hall–Kier alpha value is -3.14. The molecule has 15 heteroatoms. The van der Waals surface area contributed by atoms with Crippen molar-refractivity contribution in [3.05, 3.63) is 35.4 Å². The van der Waals surface area contributed by atoms with E-state index in [0.717, 1.165) is 0 Å². The number of halogens is 3. The van der Waals surface area contributed by atoms with Gasteiger partial charge >= 0.3 is 29.7 Å². The van der Waals surface area contributed by atoms with Crippen LogP contribution in [0, 0.1) is 28.1 Å². The van der Waals surface area contributed by atoms with Gasteiger partial charge in [-0.2, -0.15) is 13.2 Å². The molecule has 236 valence electrons. The summed E-state index contributed by atoms with van der Waals surface area (Å²) in [4.78, 5) is 40.2. The molecule has 0 bridgehead atoms. The maximum absolute atomic E-state index is 13.9. The highest BCUT2D eigenvalue weighted by Gasteiger charge is 3.04. The second-order valence-electron chi connectivity index (χ2n) is 14.0. The molecule has 8 rings (SSSR count). The van der Waals surface area contributed by atoms with Gasteiger partial charge in [0.05, 0.1) is 23.4 Å². The van der Waals surface area contributed by atoms with Crippen LogP contribution in [0.1, 0.15) is 45.2 Å². The Labute approximate surface area is 247 Å². The van der Waals surface area contributed by atoms with Crippen LogP contribution in [0.15, 0.2) is 34.5 Å². The van der Waals surface area contributed by atoms with Crippen molar-refractivity contribution in [2.45, 2.75) is 94.5 Å². The Morgan fingerprint density at radius 2 is 1.68 bits per heavy atom. The summed E-state index contributed by atoms with van der Waals surface area (Å²) in [6, 6.07) is 5.25. The molecule has 2 N–H and O–H groups in total. The summed E-state index contributed by atoms with van der Waals surface area (Å²) in [5.41, 5.74) is -11.1. The van der Waals surface area contributed by atoms with E-state index in [9.17, 15) is 37.8 Å². The van der Waals surface area contributed by atoms with E-state index in [2.05, 4.69) is 10.2 Å². The number of hydrogen-bond acceptors (Lipinski definition) is 12. The number of esters is 3. The number of ether oxygens (including phenoxy) is 5. The lowest BCUT2D eigenvalue weighted by molar-refractivity contribution is -0.240. The summed E-state index contributed by atoms with van der Waals surface area (Å²) in [6.45, 7) is 6.83. The number of aliphatic hydroxyl groups excluding tert-OH is 1. The summed E-state index contributed by atoms with van der Waals surface area (Å²) in [6.07, 6.45) is -11.8. The molecule has 6 fully saturated rings. The van der Waals surface area contributed by atoms with E-state index in [1.165, 1.54) is 31.2 Å². The molecule has 11 atom stereocenters. The monoisotopic (exact) mass is 622 g/mol. The molecule has 5 heterocycles. The predicted octanol–water partition coefficient (Wildman–Crippen LogP) is 2.04. The zero-order valence-electron chi connectivity index (χ0n) is 24.0. The van der Waals surface area contributed by atoms with Crippen LogP contribution in [0.5, 0.6) is 0 Å². The first-order chi connectivity index (χ1) is 20.5. The Bertz CT molecular complexity index is 1550. The molecule has 2 aliphatic carbocycles. The van der Waals surface area contributed by atoms with Crippen molar-refractivity contribution in [2.75, 3.05) is 0 Å². The lowest BCUT2D eigenvalue weighted by Crippen LogP contribution is -2.67. The van der Waals surface area contributed by atoms with Crippen molar-refractivity contribution >= 4 is 17.9 Å². The normalized spacial score (nSPS) is 47.2. The van der Waals surface area contributed by atoms with Crippen LogP contribution in [0.3, 0.4) is 0 Å². The van der Waals surface area contributed by atoms with Crippen molar-refractivity contribution in [3.8, 4) is 0 Å². The summed E-state index contributed by atoms with van der Waals surface area (Å²) in [5, 5.41) is 30.8. The molecule has 7 aliphatic rings. The second kappa shape index (κ2) is 7.80. The molecular weight excluding hydrogens is 593 g/mol. The van der Waals surface area contributed by atoms with Crippen molar-refractivity contribution < 1.29 is 61.5 Å². The third-order valence-electron chi connectivity index (χ3n) is 11.4. The van der Waals surface area contributed by atoms with Crippen LogP contribution >= 0.6 is 0 Å². The Morgan fingerprint density at radius 3 is 2.27 bits per heavy atom. The predicted molar refractivity (Wildman–Crippen MR) is 134 cm³/mol. The van der Waals surface area contributed by atoms with E-state index in [4.69, 9.17) is 23.7 Å². The van der Waals surface area contributed by atoms with Crippen molar-refractivity contribution in [1.82, 2.24) is 0 Å². The number of hydrogen-bond donors (Lipinski definition) is 2. The van der Waals surface area contributed by atoms with Crippen LogP contribution in [0.4, 0.5) is 13.2 Å². The molecule has 44 heavy (non-hydrogen) atoms. The first kappa shape index (κ1) is 28.3. The molecular formula is C29H29F3N2O10. The van der Waals surface area contributed by atoms with Gasteiger partial charge in [-0.25, -0.2) is 9.59 Å². The van der Waals surface area contributed by atoms with Crippen LogP contribution < -0.4 is 0 Å². The number of carbonyl (C=O) groups is 3. The van der Waals surface area contributed by atoms with E-state index in [0.29, 0.717) is 5.56 Å². The SMILES string of the molecule is C[C@@H]1C(=O)O[C@H]2[C@H](O)[C@@]34C5C[C@@H](C(C)(C)C)C36C(OC(=O)[C@@H]6OCc3ccc(C6(C(F)(F)F)N=N6)cc3)OC4(C(=O)O5)[C@@]12O. The number of rotatable bonds is 4. The minimum atomic E-state index is -4.70. The lowest BCUT2D eigenvalue weighted by atomic mass is 9.51. The number of fused-ring (bicyclic) bond motifs is 1. The highest BCUT2D eigenvalue weighted by atomic mass is 19.4. The van der Waals surface area contributed by atoms with E-state index in [-0.39, 0.29) is 18.6 Å². The standard InChI is InChI=1S/C29H29F3N2O10/c1-11-19(36)42-17-16(35)25-15-9-14(23(2,3)4)24(25)18(20(37)43-22(24)44-27(25,21(38)41-15)26(11,17)39)40-10-12-5-7-13(8-6-12)28(33-34-28)29(30,31)32/h5-8,11,14-18,22,35,39H,9-10H2,1-4H3/t11-,14+,15?,16+,17+,18+,22?,24?,25+,26-,27?/m1/s1. The number of aliphatic hydroxyl groups is 2. The van der Waals surface area contributed by atoms with Gasteiger partial charge in [0, 0.05) is 5.56 Å². The van der Waals surface area contributed by atoms with E-state index in [1.807, 2.05) is 20.8 Å². The molecule has 4 saturated heterocycles. The Balaban J connectivity index is 1.23. The molecule has 12 nitrogen and oxygen atoms in total. The highest BCUT2D eigenvalue weighted by molar-refractivity contribution is 5.94. The first-order valence-corrected chi connectivity index (χ1v) is 14.4. The van der Waals surface area contributed by atoms with E-state index >= 15 is 0 Å². The van der Waals surface area contributed by atoms with Crippen LogP contribution in [-0.2, 0) is 50.3 Å². The summed E-state index contributed by atoms with van der Waals surface area (Å²) in [5.74, 6) is -4.50. The zero-order valence-corrected chi connectivity index (χ0v) is 24.0. The first-order valence-electron chi connectivity index (χ1n) is 14.4. The van der Waals surface area contributed by atoms with Crippen LogP contribution in [0.2, 0.25) is 0 Å². The third kappa shape index (κ3) is 2.62. The molecule has 1 aromatic carbocycles. The average molecular weight is 623 g/mol. The topological polar surface area (TPSA) is 163 Å². The fourth-order valence-corrected chi connectivity index (χ4v) is 9.75. The zero-order chi connectivity index (χ0) is 31.6. The molecule has 0 amide bonds. The quantitative estimate of drug-likeness (QED) is 0.375. The number of carbonyl (C=O) groups excluding carboxylic acids is 3. The van der Waals surface area contributed by atoms with Gasteiger partial charge in [0.2, 0.25) is 11.9 Å². The number of benzene rings is 1. The van der Waals surface area contributed by atoms with Gasteiger partial charge in [0.1, 0.15) is 12.2 Å². The second-order valence-corrected chi connectivity index (χ2v) is 14.0. The maximum Gasteiger partial charge on any atom is 0.442 e. The van der Waals surface area contributed by atoms with Gasteiger partial charge in [-0.15, -0.1) is 10.2 Å². The van der Waals surface area contributed by atoms with Crippen molar-refractivity contribution in [3.63, 3.8) is 0 Å². The fourth-order valence-electron chi connectivity index (χ4n) is 9.75. The van der Waals surface area contributed by atoms with Gasteiger partial charge in [-0.05, 0) is 30.2 Å².